The van der Waals surface area contributed by atoms with Gasteiger partial charge in [-0.3, -0.25) is 0 Å². The van der Waals surface area contributed by atoms with Gasteiger partial charge >= 0.3 is 0 Å². The monoisotopic (exact) mass is 199 g/mol. The first-order chi connectivity index (χ1) is 6.53. The predicted octanol–water partition coefficient (Wildman–Crippen LogP) is 1.52. The molecule has 1 rings (SSSR count). The molecule has 4 heteroatoms. The molecule has 0 radical (unpaired) electrons. The Hall–Kier alpha value is -0.900. The molecule has 0 saturated carbocycles. The Kier molecular flexibility index (Phi) is 3.63. The van der Waals surface area contributed by atoms with E-state index < -0.39 is 5.67 Å². The SMILES string of the molecule is CC(C)(F)CCn1cncc1CCN. The Morgan fingerprint density at radius 3 is 2.86 bits per heavy atom. The van der Waals surface area contributed by atoms with Gasteiger partial charge in [0.1, 0.15) is 5.67 Å². The Labute approximate surface area is 84.1 Å². The van der Waals surface area contributed by atoms with Crippen LogP contribution < -0.4 is 5.73 Å². The number of imidazole rings is 1. The first kappa shape index (κ1) is 11.2. The van der Waals surface area contributed by atoms with E-state index in [0.717, 1.165) is 12.1 Å². The van der Waals surface area contributed by atoms with Crippen molar-refractivity contribution in [1.82, 2.24) is 9.55 Å². The molecule has 0 aliphatic rings. The van der Waals surface area contributed by atoms with Crippen LogP contribution in [0.5, 0.6) is 0 Å². The zero-order valence-electron chi connectivity index (χ0n) is 8.83. The fourth-order valence-electron chi connectivity index (χ4n) is 1.29. The fraction of sp³-hybridized carbons (Fsp3) is 0.700. The van der Waals surface area contributed by atoms with Crippen LogP contribution in [0, 0.1) is 0 Å². The van der Waals surface area contributed by atoms with Crippen LogP contribution in [-0.2, 0) is 13.0 Å². The topological polar surface area (TPSA) is 43.8 Å². The first-order valence-corrected chi connectivity index (χ1v) is 4.91. The molecule has 0 saturated heterocycles. The van der Waals surface area contributed by atoms with E-state index in [9.17, 15) is 4.39 Å². The largest absolute Gasteiger partial charge is 0.334 e. The van der Waals surface area contributed by atoms with Gasteiger partial charge < -0.3 is 10.3 Å². The summed E-state index contributed by atoms with van der Waals surface area (Å²) in [7, 11) is 0. The predicted molar refractivity (Wildman–Crippen MR) is 54.8 cm³/mol. The Bertz CT molecular complexity index is 275. The summed E-state index contributed by atoms with van der Waals surface area (Å²) >= 11 is 0. The van der Waals surface area contributed by atoms with Gasteiger partial charge in [0, 0.05) is 24.9 Å². The Morgan fingerprint density at radius 2 is 2.29 bits per heavy atom. The van der Waals surface area contributed by atoms with Gasteiger partial charge in [-0.05, 0) is 26.8 Å². The van der Waals surface area contributed by atoms with Crippen LogP contribution in [0.2, 0.25) is 0 Å². The van der Waals surface area contributed by atoms with E-state index in [2.05, 4.69) is 4.98 Å². The van der Waals surface area contributed by atoms with Crippen molar-refractivity contribution in [2.45, 2.75) is 38.9 Å². The third kappa shape index (κ3) is 3.46. The molecular formula is C10H18FN3. The lowest BCUT2D eigenvalue weighted by Crippen LogP contribution is -2.17. The van der Waals surface area contributed by atoms with Crippen LogP contribution in [0.4, 0.5) is 4.39 Å². The summed E-state index contributed by atoms with van der Waals surface area (Å²) in [6, 6.07) is 0. The second kappa shape index (κ2) is 4.55. The number of rotatable bonds is 5. The van der Waals surface area contributed by atoms with E-state index in [4.69, 9.17) is 5.73 Å². The highest BCUT2D eigenvalue weighted by molar-refractivity contribution is 4.99. The van der Waals surface area contributed by atoms with Gasteiger partial charge in [0.25, 0.3) is 0 Å². The van der Waals surface area contributed by atoms with Gasteiger partial charge in [0.05, 0.1) is 6.33 Å². The molecule has 0 aliphatic heterocycles. The van der Waals surface area contributed by atoms with E-state index in [1.165, 1.54) is 0 Å². The molecule has 14 heavy (non-hydrogen) atoms. The molecule has 1 aromatic heterocycles. The minimum absolute atomic E-state index is 0.501. The smallest absolute Gasteiger partial charge is 0.107 e. The van der Waals surface area contributed by atoms with Crippen molar-refractivity contribution >= 4 is 0 Å². The standard InChI is InChI=1S/C10H18FN3/c1-10(2,11)4-6-14-8-13-7-9(14)3-5-12/h7-8H,3-6,12H2,1-2H3. The number of hydrogen-bond acceptors (Lipinski definition) is 2. The molecule has 1 heterocycles. The zero-order chi connectivity index (χ0) is 10.6. The summed E-state index contributed by atoms with van der Waals surface area (Å²) in [4.78, 5) is 4.03. The molecule has 0 aromatic carbocycles. The lowest BCUT2D eigenvalue weighted by atomic mass is 10.1. The van der Waals surface area contributed by atoms with Crippen LogP contribution >= 0.6 is 0 Å². The van der Waals surface area contributed by atoms with Crippen molar-refractivity contribution < 1.29 is 4.39 Å². The van der Waals surface area contributed by atoms with Gasteiger partial charge in [0.2, 0.25) is 0 Å². The average molecular weight is 199 g/mol. The van der Waals surface area contributed by atoms with Crippen molar-refractivity contribution in [3.63, 3.8) is 0 Å². The van der Waals surface area contributed by atoms with Crippen LogP contribution in [-0.4, -0.2) is 21.8 Å². The lowest BCUT2D eigenvalue weighted by molar-refractivity contribution is 0.192. The summed E-state index contributed by atoms with van der Waals surface area (Å²) in [5.41, 5.74) is 5.41. The third-order valence-corrected chi connectivity index (χ3v) is 2.15. The quantitative estimate of drug-likeness (QED) is 0.781. The maximum Gasteiger partial charge on any atom is 0.107 e. The molecular weight excluding hydrogens is 181 g/mol. The normalized spacial score (nSPS) is 12.0. The summed E-state index contributed by atoms with van der Waals surface area (Å²) in [6.45, 7) is 4.45. The number of nitrogens with two attached hydrogens (primary N) is 1. The van der Waals surface area contributed by atoms with E-state index in [1.807, 2.05) is 4.57 Å². The second-order valence-corrected chi connectivity index (χ2v) is 4.09. The molecule has 2 N–H and O–H groups in total. The van der Waals surface area contributed by atoms with Crippen LogP contribution in [0.15, 0.2) is 12.5 Å². The van der Waals surface area contributed by atoms with E-state index in [1.54, 1.807) is 26.4 Å². The van der Waals surface area contributed by atoms with Crippen LogP contribution in [0.1, 0.15) is 26.0 Å². The molecule has 0 spiro atoms. The lowest BCUT2D eigenvalue weighted by Gasteiger charge is -2.15. The summed E-state index contributed by atoms with van der Waals surface area (Å²) in [5, 5.41) is 0. The first-order valence-electron chi connectivity index (χ1n) is 4.91. The number of halogens is 1. The number of aryl methyl sites for hydroxylation is 1. The highest BCUT2D eigenvalue weighted by atomic mass is 19.1. The number of hydrogen-bond donors (Lipinski definition) is 1. The third-order valence-electron chi connectivity index (χ3n) is 2.15. The molecule has 80 valence electrons. The van der Waals surface area contributed by atoms with Gasteiger partial charge in [-0.15, -0.1) is 0 Å². The van der Waals surface area contributed by atoms with Crippen molar-refractivity contribution in [3.8, 4) is 0 Å². The molecule has 0 fully saturated rings. The number of aromatic nitrogens is 2. The maximum atomic E-state index is 13.2. The van der Waals surface area contributed by atoms with Crippen LogP contribution in [0.3, 0.4) is 0 Å². The summed E-state index contributed by atoms with van der Waals surface area (Å²) in [5.74, 6) is 0. The molecule has 3 nitrogen and oxygen atoms in total. The Morgan fingerprint density at radius 1 is 1.57 bits per heavy atom. The molecule has 0 bridgehead atoms. The highest BCUT2D eigenvalue weighted by Crippen LogP contribution is 2.15. The summed E-state index contributed by atoms with van der Waals surface area (Å²) in [6.07, 6.45) is 4.82. The zero-order valence-corrected chi connectivity index (χ0v) is 8.83. The molecule has 0 aliphatic carbocycles. The molecule has 0 atom stereocenters. The Balaban J connectivity index is 2.53. The van der Waals surface area contributed by atoms with E-state index >= 15 is 0 Å². The highest BCUT2D eigenvalue weighted by Gasteiger charge is 2.15. The molecule has 0 amide bonds. The van der Waals surface area contributed by atoms with Gasteiger partial charge in [-0.25, -0.2) is 9.37 Å². The minimum atomic E-state index is -1.12. The molecule has 0 unspecified atom stereocenters. The number of alkyl halides is 1. The van der Waals surface area contributed by atoms with Crippen molar-refractivity contribution in [3.05, 3.63) is 18.2 Å². The summed E-state index contributed by atoms with van der Waals surface area (Å²) < 4.78 is 15.2. The number of nitrogens with zero attached hydrogens (tertiary/aromatic N) is 2. The van der Waals surface area contributed by atoms with Crippen molar-refractivity contribution in [2.75, 3.05) is 6.54 Å². The maximum absolute atomic E-state index is 13.2. The van der Waals surface area contributed by atoms with Crippen molar-refractivity contribution in [1.29, 1.82) is 0 Å². The van der Waals surface area contributed by atoms with Gasteiger partial charge in [-0.1, -0.05) is 0 Å². The van der Waals surface area contributed by atoms with E-state index in [-0.39, 0.29) is 0 Å². The van der Waals surface area contributed by atoms with Gasteiger partial charge in [-0.2, -0.15) is 0 Å². The van der Waals surface area contributed by atoms with E-state index in [0.29, 0.717) is 19.5 Å². The van der Waals surface area contributed by atoms with Gasteiger partial charge in [0.15, 0.2) is 0 Å². The average Bonchev–Trinajstić information content (AvgIpc) is 2.48. The van der Waals surface area contributed by atoms with Crippen molar-refractivity contribution in [2.24, 2.45) is 5.73 Å². The fourth-order valence-corrected chi connectivity index (χ4v) is 1.29. The second-order valence-electron chi connectivity index (χ2n) is 4.09. The minimum Gasteiger partial charge on any atom is -0.334 e. The molecule has 1 aromatic rings. The van der Waals surface area contributed by atoms with Crippen LogP contribution in [0.25, 0.3) is 0 Å².